The third-order valence-electron chi connectivity index (χ3n) is 5.23. The normalized spacial score (nSPS) is 11.0. The standard InChI is InChI=1S/C24H24FN3O3S/c1-30-21-9-7-16(13-22(21)31-2)11-12-26-23(29)10-8-17-15-32-24-27-20(14-28(17)24)18-5-3-4-6-19(18)25/h3-7,9,13-15H,8,10-12H2,1-2H3,(H,26,29). The molecule has 0 aliphatic heterocycles. The van der Waals surface area contributed by atoms with Crippen LogP contribution in [0.25, 0.3) is 16.2 Å². The quantitative estimate of drug-likeness (QED) is 0.405. The smallest absolute Gasteiger partial charge is 0.220 e. The molecule has 8 heteroatoms. The number of nitrogens with zero attached hydrogens (tertiary/aromatic N) is 2. The lowest BCUT2D eigenvalue weighted by atomic mass is 10.1. The van der Waals surface area contributed by atoms with Gasteiger partial charge in [-0.15, -0.1) is 11.3 Å². The Morgan fingerprint density at radius 1 is 1.12 bits per heavy atom. The fourth-order valence-electron chi connectivity index (χ4n) is 3.52. The number of benzene rings is 2. The van der Waals surface area contributed by atoms with E-state index in [1.165, 1.54) is 17.4 Å². The van der Waals surface area contributed by atoms with Crippen LogP contribution in [0.15, 0.2) is 54.0 Å². The molecule has 2 aromatic heterocycles. The summed E-state index contributed by atoms with van der Waals surface area (Å²) in [5.41, 5.74) is 3.11. The van der Waals surface area contributed by atoms with Gasteiger partial charge in [-0.25, -0.2) is 9.37 Å². The maximum atomic E-state index is 14.1. The van der Waals surface area contributed by atoms with Crippen molar-refractivity contribution >= 4 is 22.2 Å². The number of halogens is 1. The van der Waals surface area contributed by atoms with Gasteiger partial charge in [-0.1, -0.05) is 18.2 Å². The number of methoxy groups -OCH3 is 2. The Bertz CT molecular complexity index is 1230. The number of aryl methyl sites for hydroxylation is 1. The summed E-state index contributed by atoms with van der Waals surface area (Å²) in [5.74, 6) is 1.04. The molecule has 0 bridgehead atoms. The van der Waals surface area contributed by atoms with Gasteiger partial charge in [0.25, 0.3) is 0 Å². The maximum absolute atomic E-state index is 14.1. The molecule has 0 atom stereocenters. The lowest BCUT2D eigenvalue weighted by Gasteiger charge is -2.10. The highest BCUT2D eigenvalue weighted by molar-refractivity contribution is 7.15. The van der Waals surface area contributed by atoms with Crippen molar-refractivity contribution in [2.45, 2.75) is 19.3 Å². The molecule has 4 rings (SSSR count). The van der Waals surface area contributed by atoms with Crippen LogP contribution in [0.3, 0.4) is 0 Å². The Morgan fingerprint density at radius 2 is 1.94 bits per heavy atom. The molecule has 2 heterocycles. The van der Waals surface area contributed by atoms with Crippen LogP contribution in [0.1, 0.15) is 17.7 Å². The van der Waals surface area contributed by atoms with Gasteiger partial charge in [0.15, 0.2) is 16.5 Å². The zero-order valence-corrected chi connectivity index (χ0v) is 18.7. The molecule has 6 nitrogen and oxygen atoms in total. The number of carbonyl (C=O) groups excluding carboxylic acids is 1. The van der Waals surface area contributed by atoms with Crippen LogP contribution < -0.4 is 14.8 Å². The van der Waals surface area contributed by atoms with Gasteiger partial charge >= 0.3 is 0 Å². The summed E-state index contributed by atoms with van der Waals surface area (Å²) in [5, 5.41) is 4.95. The largest absolute Gasteiger partial charge is 0.493 e. The molecule has 4 aromatic rings. The van der Waals surface area contributed by atoms with Gasteiger partial charge in [-0.2, -0.15) is 0 Å². The van der Waals surface area contributed by atoms with E-state index in [-0.39, 0.29) is 11.7 Å². The molecular weight excluding hydrogens is 429 g/mol. The Morgan fingerprint density at radius 3 is 2.72 bits per heavy atom. The summed E-state index contributed by atoms with van der Waals surface area (Å²) in [6.45, 7) is 0.538. The Kier molecular flexibility index (Phi) is 6.70. The Hall–Kier alpha value is -3.39. The zero-order valence-electron chi connectivity index (χ0n) is 17.9. The van der Waals surface area contributed by atoms with Gasteiger partial charge in [0, 0.05) is 35.8 Å². The Labute approximate surface area is 189 Å². The predicted molar refractivity (Wildman–Crippen MR) is 123 cm³/mol. The van der Waals surface area contributed by atoms with E-state index in [1.54, 1.807) is 32.4 Å². The van der Waals surface area contributed by atoms with Crippen LogP contribution in [0.4, 0.5) is 4.39 Å². The number of ether oxygens (including phenoxy) is 2. The van der Waals surface area contributed by atoms with Crippen LogP contribution in [0.2, 0.25) is 0 Å². The van der Waals surface area contributed by atoms with Gasteiger partial charge in [0.1, 0.15) is 5.82 Å². The summed E-state index contributed by atoms with van der Waals surface area (Å²) in [4.78, 5) is 17.6. The summed E-state index contributed by atoms with van der Waals surface area (Å²) in [6.07, 6.45) is 3.47. The molecule has 0 unspecified atom stereocenters. The average molecular weight is 454 g/mol. The molecule has 2 aromatic carbocycles. The third kappa shape index (κ3) is 4.75. The minimum Gasteiger partial charge on any atom is -0.493 e. The SMILES string of the molecule is COc1ccc(CCNC(=O)CCc2csc3nc(-c4ccccc4F)cn23)cc1OC. The van der Waals surface area contributed by atoms with Crippen molar-refractivity contribution in [1.82, 2.24) is 14.7 Å². The van der Waals surface area contributed by atoms with Crippen LogP contribution in [0.5, 0.6) is 11.5 Å². The van der Waals surface area contributed by atoms with Gasteiger partial charge in [0.2, 0.25) is 5.91 Å². The van der Waals surface area contributed by atoms with Gasteiger partial charge in [0.05, 0.1) is 19.9 Å². The summed E-state index contributed by atoms with van der Waals surface area (Å²) >= 11 is 1.48. The number of thiazole rings is 1. The van der Waals surface area contributed by atoms with Crippen molar-refractivity contribution in [2.75, 3.05) is 20.8 Å². The molecule has 1 N–H and O–H groups in total. The van der Waals surface area contributed by atoms with E-state index >= 15 is 0 Å². The summed E-state index contributed by atoms with van der Waals surface area (Å²) in [6, 6.07) is 12.3. The lowest BCUT2D eigenvalue weighted by molar-refractivity contribution is -0.121. The first-order valence-corrected chi connectivity index (χ1v) is 11.1. The van der Waals surface area contributed by atoms with Gasteiger partial charge in [-0.05, 0) is 42.7 Å². The van der Waals surface area contributed by atoms with Crippen molar-refractivity contribution in [1.29, 1.82) is 0 Å². The molecule has 32 heavy (non-hydrogen) atoms. The molecule has 0 saturated carbocycles. The second kappa shape index (κ2) is 9.82. The Balaban J connectivity index is 1.32. The number of aromatic nitrogens is 2. The van der Waals surface area contributed by atoms with Crippen molar-refractivity contribution in [2.24, 2.45) is 0 Å². The van der Waals surface area contributed by atoms with Crippen LogP contribution in [-0.2, 0) is 17.6 Å². The van der Waals surface area contributed by atoms with Crippen molar-refractivity contribution in [3.63, 3.8) is 0 Å². The highest BCUT2D eigenvalue weighted by atomic mass is 32.1. The number of fused-ring (bicyclic) bond motifs is 1. The minimum atomic E-state index is -0.298. The molecule has 0 radical (unpaired) electrons. The number of hydrogen-bond donors (Lipinski definition) is 1. The van der Waals surface area contributed by atoms with Gasteiger partial charge < -0.3 is 14.8 Å². The first-order valence-electron chi connectivity index (χ1n) is 10.3. The summed E-state index contributed by atoms with van der Waals surface area (Å²) in [7, 11) is 3.20. The van der Waals surface area contributed by atoms with Crippen LogP contribution in [0, 0.1) is 5.82 Å². The van der Waals surface area contributed by atoms with Crippen molar-refractivity contribution in [3.05, 3.63) is 71.1 Å². The predicted octanol–water partition coefficient (Wildman–Crippen LogP) is 4.51. The number of carbonyl (C=O) groups is 1. The summed E-state index contributed by atoms with van der Waals surface area (Å²) < 4.78 is 26.6. The van der Waals surface area contributed by atoms with E-state index < -0.39 is 0 Å². The molecule has 0 fully saturated rings. The molecule has 166 valence electrons. The average Bonchev–Trinajstić information content (AvgIpc) is 3.39. The van der Waals surface area contributed by atoms with E-state index in [0.717, 1.165) is 16.2 Å². The minimum absolute atomic E-state index is 0.0146. The second-order valence-electron chi connectivity index (χ2n) is 7.27. The van der Waals surface area contributed by atoms with E-state index in [4.69, 9.17) is 9.47 Å². The fourth-order valence-corrected chi connectivity index (χ4v) is 4.43. The second-order valence-corrected chi connectivity index (χ2v) is 8.11. The molecule has 1 amide bonds. The van der Waals surface area contributed by atoms with E-state index in [2.05, 4.69) is 10.3 Å². The fraction of sp³-hybridized carbons (Fsp3) is 0.250. The molecular formula is C24H24FN3O3S. The number of amides is 1. The number of imidazole rings is 1. The first kappa shape index (κ1) is 21.8. The van der Waals surface area contributed by atoms with Crippen molar-refractivity contribution < 1.29 is 18.7 Å². The zero-order chi connectivity index (χ0) is 22.5. The molecule has 0 saturated heterocycles. The van der Waals surface area contributed by atoms with E-state index in [9.17, 15) is 9.18 Å². The number of rotatable bonds is 9. The van der Waals surface area contributed by atoms with Crippen LogP contribution in [-0.4, -0.2) is 36.1 Å². The lowest BCUT2D eigenvalue weighted by Crippen LogP contribution is -2.26. The highest BCUT2D eigenvalue weighted by Gasteiger charge is 2.13. The molecule has 0 spiro atoms. The van der Waals surface area contributed by atoms with Crippen LogP contribution >= 0.6 is 11.3 Å². The van der Waals surface area contributed by atoms with Crippen molar-refractivity contribution in [3.8, 4) is 22.8 Å². The maximum Gasteiger partial charge on any atom is 0.220 e. The third-order valence-corrected chi connectivity index (χ3v) is 6.11. The topological polar surface area (TPSA) is 64.9 Å². The molecule has 0 aliphatic carbocycles. The number of hydrogen-bond acceptors (Lipinski definition) is 5. The monoisotopic (exact) mass is 453 g/mol. The number of nitrogens with one attached hydrogen (secondary N) is 1. The van der Waals surface area contributed by atoms with E-state index in [1.807, 2.05) is 34.2 Å². The van der Waals surface area contributed by atoms with Gasteiger partial charge in [-0.3, -0.25) is 9.20 Å². The first-order chi connectivity index (χ1) is 15.6. The molecule has 0 aliphatic rings. The van der Waals surface area contributed by atoms with E-state index in [0.29, 0.717) is 48.6 Å². The highest BCUT2D eigenvalue weighted by Crippen LogP contribution is 2.28.